The second kappa shape index (κ2) is 7.49. The van der Waals surface area contributed by atoms with Crippen LogP contribution in [0.5, 0.6) is 0 Å². The van der Waals surface area contributed by atoms with Crippen molar-refractivity contribution >= 4 is 23.3 Å². The van der Waals surface area contributed by atoms with Crippen molar-refractivity contribution in [1.29, 1.82) is 0 Å². The number of anilines is 1. The second-order valence-corrected chi connectivity index (χ2v) is 5.33. The van der Waals surface area contributed by atoms with E-state index in [1.54, 1.807) is 0 Å². The van der Waals surface area contributed by atoms with Crippen molar-refractivity contribution in [3.05, 3.63) is 22.8 Å². The van der Waals surface area contributed by atoms with Crippen LogP contribution in [0.15, 0.2) is 12.3 Å². The number of amides is 1. The Labute approximate surface area is 126 Å². The molecule has 0 fully saturated rings. The predicted octanol–water partition coefficient (Wildman–Crippen LogP) is 3.33. The fraction of sp³-hybridized carbons (Fsp3) is 0.538. The summed E-state index contributed by atoms with van der Waals surface area (Å²) in [5.41, 5.74) is -0.910. The van der Waals surface area contributed by atoms with Crippen molar-refractivity contribution < 1.29 is 18.0 Å². The smallest absolute Gasteiger partial charge is 0.368 e. The first-order valence-corrected chi connectivity index (χ1v) is 6.81. The molecule has 1 amide bonds. The van der Waals surface area contributed by atoms with Gasteiger partial charge in [0.05, 0.1) is 10.6 Å². The van der Waals surface area contributed by atoms with Crippen LogP contribution < -0.4 is 10.6 Å². The number of alkyl halides is 3. The largest absolute Gasteiger partial charge is 0.417 e. The Morgan fingerprint density at radius 3 is 2.62 bits per heavy atom. The average Bonchev–Trinajstić information content (AvgIpc) is 2.37. The molecule has 2 N–H and O–H groups in total. The molecule has 1 aromatic heterocycles. The van der Waals surface area contributed by atoms with Crippen molar-refractivity contribution in [2.24, 2.45) is 5.92 Å². The third-order valence-corrected chi connectivity index (χ3v) is 2.81. The number of hydrogen-bond donors (Lipinski definition) is 2. The first-order chi connectivity index (χ1) is 9.70. The molecule has 0 saturated heterocycles. The van der Waals surface area contributed by atoms with Gasteiger partial charge >= 0.3 is 6.18 Å². The fourth-order valence-corrected chi connectivity index (χ4v) is 1.66. The molecule has 21 heavy (non-hydrogen) atoms. The summed E-state index contributed by atoms with van der Waals surface area (Å²) in [5, 5.41) is 5.34. The first kappa shape index (κ1) is 17.6. The van der Waals surface area contributed by atoms with Crippen LogP contribution in [0.25, 0.3) is 0 Å². The standard InChI is InChI=1S/C13H17ClF3N3O/c1-8(2)6-19-11(21)3-4-18-12-10(14)5-9(7-20-12)13(15,16)17/h5,7-8H,3-4,6H2,1-2H3,(H,18,20)(H,19,21). The molecular formula is C13H17ClF3N3O. The molecule has 1 rings (SSSR count). The summed E-state index contributed by atoms with van der Waals surface area (Å²) in [7, 11) is 0. The molecular weight excluding hydrogens is 307 g/mol. The fourth-order valence-electron chi connectivity index (χ4n) is 1.42. The third-order valence-electron chi connectivity index (χ3n) is 2.52. The first-order valence-electron chi connectivity index (χ1n) is 6.43. The van der Waals surface area contributed by atoms with Crippen molar-refractivity contribution in [2.45, 2.75) is 26.4 Å². The Morgan fingerprint density at radius 1 is 1.43 bits per heavy atom. The summed E-state index contributed by atoms with van der Waals surface area (Å²) in [6.07, 6.45) is -3.59. The quantitative estimate of drug-likeness (QED) is 0.844. The normalized spacial score (nSPS) is 11.6. The molecule has 0 aromatic carbocycles. The maximum absolute atomic E-state index is 12.4. The number of carbonyl (C=O) groups excluding carboxylic acids is 1. The molecule has 0 bridgehead atoms. The zero-order valence-corrected chi connectivity index (χ0v) is 12.5. The van der Waals surface area contributed by atoms with Crippen LogP contribution in [-0.2, 0) is 11.0 Å². The van der Waals surface area contributed by atoms with E-state index in [2.05, 4.69) is 15.6 Å². The van der Waals surface area contributed by atoms with Gasteiger partial charge in [0, 0.05) is 25.7 Å². The minimum Gasteiger partial charge on any atom is -0.368 e. The molecule has 4 nitrogen and oxygen atoms in total. The van der Waals surface area contributed by atoms with Crippen molar-refractivity contribution in [3.63, 3.8) is 0 Å². The summed E-state index contributed by atoms with van der Waals surface area (Å²) in [4.78, 5) is 15.1. The molecule has 0 unspecified atom stereocenters. The number of rotatable bonds is 6. The Bertz CT molecular complexity index is 492. The van der Waals surface area contributed by atoms with Gasteiger partial charge in [0.15, 0.2) is 0 Å². The number of pyridine rings is 1. The Hall–Kier alpha value is -1.50. The van der Waals surface area contributed by atoms with Crippen molar-refractivity contribution in [3.8, 4) is 0 Å². The summed E-state index contributed by atoms with van der Waals surface area (Å²) >= 11 is 5.73. The van der Waals surface area contributed by atoms with Crippen LogP contribution in [0, 0.1) is 5.92 Å². The van der Waals surface area contributed by atoms with Crippen molar-refractivity contribution in [1.82, 2.24) is 10.3 Å². The predicted molar refractivity (Wildman–Crippen MR) is 75.2 cm³/mol. The highest BCUT2D eigenvalue weighted by molar-refractivity contribution is 6.32. The van der Waals surface area contributed by atoms with Gasteiger partial charge in [0.25, 0.3) is 0 Å². The van der Waals surface area contributed by atoms with Gasteiger partial charge in [0.1, 0.15) is 5.82 Å². The summed E-state index contributed by atoms with van der Waals surface area (Å²) in [5.74, 6) is 0.341. The van der Waals surface area contributed by atoms with Gasteiger partial charge in [-0.25, -0.2) is 4.98 Å². The van der Waals surface area contributed by atoms with E-state index in [4.69, 9.17) is 11.6 Å². The van der Waals surface area contributed by atoms with E-state index >= 15 is 0 Å². The molecule has 0 aliphatic carbocycles. The maximum Gasteiger partial charge on any atom is 0.417 e. The number of nitrogens with one attached hydrogen (secondary N) is 2. The zero-order chi connectivity index (χ0) is 16.0. The van der Waals surface area contributed by atoms with Crippen LogP contribution in [0.2, 0.25) is 5.02 Å². The van der Waals surface area contributed by atoms with Gasteiger partial charge in [-0.2, -0.15) is 13.2 Å². The van der Waals surface area contributed by atoms with E-state index in [1.807, 2.05) is 13.8 Å². The number of halogens is 4. The highest BCUT2D eigenvalue weighted by Gasteiger charge is 2.31. The Kier molecular flexibility index (Phi) is 6.26. The molecule has 1 heterocycles. The Balaban J connectivity index is 2.48. The van der Waals surface area contributed by atoms with Gasteiger partial charge in [-0.05, 0) is 12.0 Å². The monoisotopic (exact) mass is 323 g/mol. The minimum atomic E-state index is -4.48. The molecule has 8 heteroatoms. The van der Waals surface area contributed by atoms with E-state index in [0.717, 1.165) is 6.07 Å². The number of carbonyl (C=O) groups is 1. The molecule has 0 aliphatic heterocycles. The van der Waals surface area contributed by atoms with Crippen LogP contribution in [0.3, 0.4) is 0 Å². The van der Waals surface area contributed by atoms with E-state index in [-0.39, 0.29) is 29.7 Å². The SMILES string of the molecule is CC(C)CNC(=O)CCNc1ncc(C(F)(F)F)cc1Cl. The minimum absolute atomic E-state index is 0.126. The molecule has 0 atom stereocenters. The van der Waals surface area contributed by atoms with E-state index in [1.165, 1.54) is 0 Å². The van der Waals surface area contributed by atoms with Crippen molar-refractivity contribution in [2.75, 3.05) is 18.4 Å². The van der Waals surface area contributed by atoms with Crippen LogP contribution in [0.1, 0.15) is 25.8 Å². The van der Waals surface area contributed by atoms with Gasteiger partial charge in [-0.15, -0.1) is 0 Å². The van der Waals surface area contributed by atoms with Gasteiger partial charge in [-0.3, -0.25) is 4.79 Å². The maximum atomic E-state index is 12.4. The molecule has 0 radical (unpaired) electrons. The van der Waals surface area contributed by atoms with Gasteiger partial charge in [0.2, 0.25) is 5.91 Å². The van der Waals surface area contributed by atoms with E-state index < -0.39 is 11.7 Å². The highest BCUT2D eigenvalue weighted by Crippen LogP contribution is 2.32. The molecule has 118 valence electrons. The zero-order valence-electron chi connectivity index (χ0n) is 11.7. The number of aromatic nitrogens is 1. The lowest BCUT2D eigenvalue weighted by molar-refractivity contribution is -0.137. The highest BCUT2D eigenvalue weighted by atomic mass is 35.5. The van der Waals surface area contributed by atoms with Gasteiger partial charge < -0.3 is 10.6 Å². The van der Waals surface area contributed by atoms with E-state index in [9.17, 15) is 18.0 Å². The lowest BCUT2D eigenvalue weighted by Crippen LogP contribution is -2.28. The topological polar surface area (TPSA) is 54.0 Å². The lowest BCUT2D eigenvalue weighted by Gasteiger charge is -2.11. The summed E-state index contributed by atoms with van der Waals surface area (Å²) < 4.78 is 37.3. The van der Waals surface area contributed by atoms with Crippen LogP contribution in [0.4, 0.5) is 19.0 Å². The van der Waals surface area contributed by atoms with E-state index in [0.29, 0.717) is 18.7 Å². The van der Waals surface area contributed by atoms with Crippen LogP contribution in [-0.4, -0.2) is 24.0 Å². The number of hydrogen-bond acceptors (Lipinski definition) is 3. The number of nitrogens with zero attached hydrogens (tertiary/aromatic N) is 1. The molecule has 1 aromatic rings. The molecule has 0 spiro atoms. The summed E-state index contributed by atoms with van der Waals surface area (Å²) in [6.45, 7) is 4.77. The van der Waals surface area contributed by atoms with Gasteiger partial charge in [-0.1, -0.05) is 25.4 Å². The molecule has 0 aliphatic rings. The van der Waals surface area contributed by atoms with Crippen LogP contribution >= 0.6 is 11.6 Å². The second-order valence-electron chi connectivity index (χ2n) is 4.93. The summed E-state index contributed by atoms with van der Waals surface area (Å²) in [6, 6.07) is 0.801. The molecule has 0 saturated carbocycles. The lowest BCUT2D eigenvalue weighted by atomic mass is 10.2. The third kappa shape index (κ3) is 6.20. The Morgan fingerprint density at radius 2 is 2.10 bits per heavy atom. The average molecular weight is 324 g/mol.